The molecule has 0 fully saturated rings. The first-order valence-electron chi connectivity index (χ1n) is 4.94. The standard InChI is InChI=1S/C12H8F2O3S/c13-12(14)17-9-4-3-7(11(15)16)6-8(9)10-2-1-5-18-10/h1-6,12H,(H,15,16). The minimum atomic E-state index is -2.95. The molecule has 6 heteroatoms. The summed E-state index contributed by atoms with van der Waals surface area (Å²) in [5.74, 6) is -1.14. The van der Waals surface area contributed by atoms with Crippen LogP contribution in [0.25, 0.3) is 10.4 Å². The lowest BCUT2D eigenvalue weighted by Crippen LogP contribution is -2.04. The topological polar surface area (TPSA) is 46.5 Å². The molecular weight excluding hydrogens is 262 g/mol. The van der Waals surface area contributed by atoms with Crippen LogP contribution in [0.1, 0.15) is 10.4 Å². The number of benzene rings is 1. The maximum Gasteiger partial charge on any atom is 0.387 e. The molecule has 0 aliphatic rings. The molecule has 0 bridgehead atoms. The Morgan fingerprint density at radius 2 is 2.11 bits per heavy atom. The first kappa shape index (κ1) is 12.5. The van der Waals surface area contributed by atoms with Gasteiger partial charge in [0.2, 0.25) is 0 Å². The number of hydrogen-bond acceptors (Lipinski definition) is 3. The minimum Gasteiger partial charge on any atom is -0.478 e. The van der Waals surface area contributed by atoms with Gasteiger partial charge >= 0.3 is 12.6 Å². The van der Waals surface area contributed by atoms with E-state index in [0.29, 0.717) is 10.4 Å². The average Bonchev–Trinajstić information content (AvgIpc) is 2.81. The second-order valence-corrected chi connectivity index (χ2v) is 4.32. The largest absolute Gasteiger partial charge is 0.478 e. The Bertz CT molecular complexity index is 552. The third-order valence-corrected chi connectivity index (χ3v) is 3.13. The molecule has 0 radical (unpaired) electrons. The van der Waals surface area contributed by atoms with Crippen molar-refractivity contribution in [1.82, 2.24) is 0 Å². The number of carboxylic acid groups (broad SMARTS) is 1. The third kappa shape index (κ3) is 2.65. The van der Waals surface area contributed by atoms with Gasteiger partial charge in [0, 0.05) is 10.4 Å². The molecule has 0 atom stereocenters. The Morgan fingerprint density at radius 1 is 1.33 bits per heavy atom. The summed E-state index contributed by atoms with van der Waals surface area (Å²) in [6.45, 7) is -2.95. The highest BCUT2D eigenvalue weighted by Crippen LogP contribution is 2.34. The van der Waals surface area contributed by atoms with Gasteiger partial charge in [0.1, 0.15) is 5.75 Å². The van der Waals surface area contributed by atoms with Crippen LogP contribution in [0.3, 0.4) is 0 Å². The molecule has 0 saturated heterocycles. The quantitative estimate of drug-likeness (QED) is 0.921. The maximum atomic E-state index is 12.3. The second-order valence-electron chi connectivity index (χ2n) is 3.37. The van der Waals surface area contributed by atoms with Gasteiger partial charge in [0.25, 0.3) is 0 Å². The summed E-state index contributed by atoms with van der Waals surface area (Å²) in [6, 6.07) is 7.26. The number of rotatable bonds is 4. The summed E-state index contributed by atoms with van der Waals surface area (Å²) in [7, 11) is 0. The van der Waals surface area contributed by atoms with Gasteiger partial charge in [0.15, 0.2) is 0 Å². The summed E-state index contributed by atoms with van der Waals surface area (Å²) in [5.41, 5.74) is 0.380. The highest BCUT2D eigenvalue weighted by Gasteiger charge is 2.14. The van der Waals surface area contributed by atoms with Gasteiger partial charge in [-0.05, 0) is 29.6 Å². The van der Waals surface area contributed by atoms with Gasteiger partial charge < -0.3 is 9.84 Å². The zero-order valence-electron chi connectivity index (χ0n) is 8.97. The smallest absolute Gasteiger partial charge is 0.387 e. The first-order valence-corrected chi connectivity index (χ1v) is 5.82. The summed E-state index contributed by atoms with van der Waals surface area (Å²) in [4.78, 5) is 11.5. The van der Waals surface area contributed by atoms with Crippen molar-refractivity contribution >= 4 is 17.3 Å². The summed E-state index contributed by atoms with van der Waals surface area (Å²) in [5, 5.41) is 10.7. The minimum absolute atomic E-state index is 0.0278. The summed E-state index contributed by atoms with van der Waals surface area (Å²) >= 11 is 1.32. The average molecular weight is 270 g/mol. The lowest BCUT2D eigenvalue weighted by molar-refractivity contribution is -0.0494. The van der Waals surface area contributed by atoms with Crippen LogP contribution in [0.15, 0.2) is 35.7 Å². The summed E-state index contributed by atoms with van der Waals surface area (Å²) in [6.07, 6.45) is 0. The monoisotopic (exact) mass is 270 g/mol. The van der Waals surface area contributed by atoms with E-state index in [1.165, 1.54) is 29.5 Å². The number of carboxylic acids is 1. The fourth-order valence-electron chi connectivity index (χ4n) is 1.49. The van der Waals surface area contributed by atoms with Crippen LogP contribution in [0, 0.1) is 0 Å². The van der Waals surface area contributed by atoms with E-state index < -0.39 is 12.6 Å². The van der Waals surface area contributed by atoms with Crippen LogP contribution in [-0.2, 0) is 0 Å². The van der Waals surface area contributed by atoms with Crippen molar-refractivity contribution in [3.8, 4) is 16.2 Å². The normalized spacial score (nSPS) is 10.6. The van der Waals surface area contributed by atoms with Gasteiger partial charge in [-0.2, -0.15) is 8.78 Å². The SMILES string of the molecule is O=C(O)c1ccc(OC(F)F)c(-c2cccs2)c1. The Balaban J connectivity index is 2.50. The van der Waals surface area contributed by atoms with Crippen LogP contribution in [0.4, 0.5) is 8.78 Å². The van der Waals surface area contributed by atoms with Crippen molar-refractivity contribution in [1.29, 1.82) is 0 Å². The number of aromatic carboxylic acids is 1. The van der Waals surface area contributed by atoms with Crippen LogP contribution in [0.2, 0.25) is 0 Å². The predicted molar refractivity (Wildman–Crippen MR) is 63.3 cm³/mol. The lowest BCUT2D eigenvalue weighted by atomic mass is 10.1. The molecule has 2 rings (SSSR count). The van der Waals surface area contributed by atoms with Crippen molar-refractivity contribution in [2.45, 2.75) is 6.61 Å². The Labute approximate surface area is 105 Å². The van der Waals surface area contributed by atoms with Crippen LogP contribution >= 0.6 is 11.3 Å². The second kappa shape index (κ2) is 5.14. The molecular formula is C12H8F2O3S. The van der Waals surface area contributed by atoms with E-state index in [-0.39, 0.29) is 11.3 Å². The number of ether oxygens (including phenoxy) is 1. The predicted octanol–water partition coefficient (Wildman–Crippen LogP) is 3.71. The highest BCUT2D eigenvalue weighted by atomic mass is 32.1. The van der Waals surface area contributed by atoms with E-state index in [1.54, 1.807) is 17.5 Å². The molecule has 2 aromatic rings. The van der Waals surface area contributed by atoms with Gasteiger partial charge in [-0.1, -0.05) is 6.07 Å². The number of carbonyl (C=O) groups is 1. The van der Waals surface area contributed by atoms with Crippen molar-refractivity contribution in [2.75, 3.05) is 0 Å². The third-order valence-electron chi connectivity index (χ3n) is 2.23. The molecule has 0 amide bonds. The van der Waals surface area contributed by atoms with Gasteiger partial charge in [-0.3, -0.25) is 0 Å². The number of halogens is 2. The molecule has 0 aliphatic carbocycles. The first-order chi connectivity index (χ1) is 8.58. The zero-order chi connectivity index (χ0) is 13.1. The molecule has 0 spiro atoms. The van der Waals surface area contributed by atoms with Gasteiger partial charge in [0.05, 0.1) is 5.56 Å². The number of thiophene rings is 1. The van der Waals surface area contributed by atoms with Crippen molar-refractivity contribution in [2.24, 2.45) is 0 Å². The molecule has 1 N–H and O–H groups in total. The molecule has 18 heavy (non-hydrogen) atoms. The highest BCUT2D eigenvalue weighted by molar-refractivity contribution is 7.13. The lowest BCUT2D eigenvalue weighted by Gasteiger charge is -2.10. The molecule has 1 aromatic heterocycles. The van der Waals surface area contributed by atoms with Crippen molar-refractivity contribution in [3.63, 3.8) is 0 Å². The van der Waals surface area contributed by atoms with Crippen molar-refractivity contribution in [3.05, 3.63) is 41.3 Å². The van der Waals surface area contributed by atoms with E-state index in [0.717, 1.165) is 0 Å². The van der Waals surface area contributed by atoms with E-state index in [2.05, 4.69) is 4.74 Å². The molecule has 3 nitrogen and oxygen atoms in total. The van der Waals surface area contributed by atoms with E-state index >= 15 is 0 Å². The molecule has 0 saturated carbocycles. The van der Waals surface area contributed by atoms with Gasteiger partial charge in [-0.15, -0.1) is 11.3 Å². The zero-order valence-corrected chi connectivity index (χ0v) is 9.79. The van der Waals surface area contributed by atoms with Crippen LogP contribution < -0.4 is 4.74 Å². The van der Waals surface area contributed by atoms with Crippen LogP contribution in [-0.4, -0.2) is 17.7 Å². The van der Waals surface area contributed by atoms with E-state index in [4.69, 9.17) is 5.11 Å². The Morgan fingerprint density at radius 3 is 2.67 bits per heavy atom. The number of hydrogen-bond donors (Lipinski definition) is 1. The van der Waals surface area contributed by atoms with E-state index in [9.17, 15) is 13.6 Å². The molecule has 0 aliphatic heterocycles. The molecule has 1 heterocycles. The van der Waals surface area contributed by atoms with Crippen LogP contribution in [0.5, 0.6) is 5.75 Å². The molecule has 0 unspecified atom stereocenters. The molecule has 1 aromatic carbocycles. The Kier molecular flexibility index (Phi) is 3.57. The Hall–Kier alpha value is -1.95. The fraction of sp³-hybridized carbons (Fsp3) is 0.0833. The number of alkyl halides is 2. The molecule has 94 valence electrons. The summed E-state index contributed by atoms with van der Waals surface area (Å²) < 4.78 is 28.9. The van der Waals surface area contributed by atoms with Crippen molar-refractivity contribution < 1.29 is 23.4 Å². The van der Waals surface area contributed by atoms with Gasteiger partial charge in [-0.25, -0.2) is 4.79 Å². The fourth-order valence-corrected chi connectivity index (χ4v) is 2.23. The maximum absolute atomic E-state index is 12.3. The van der Waals surface area contributed by atoms with E-state index in [1.807, 2.05) is 0 Å².